The number of quaternary nitrogens is 1. The fraction of sp³-hybridized carbons (Fsp3) is 0.943. The first-order valence-electron chi connectivity index (χ1n) is 35.4. The molecular formula is C70H138NO8P. The van der Waals surface area contributed by atoms with Crippen LogP contribution in [0.4, 0.5) is 0 Å². The second kappa shape index (κ2) is 62.3. The van der Waals surface area contributed by atoms with Crippen LogP contribution in [0.15, 0.2) is 12.2 Å². The highest BCUT2D eigenvalue weighted by atomic mass is 31.2. The maximum absolute atomic E-state index is 12.9. The molecule has 0 saturated heterocycles. The summed E-state index contributed by atoms with van der Waals surface area (Å²) in [5.41, 5.74) is 0. The monoisotopic (exact) mass is 1150 g/mol. The summed E-state index contributed by atoms with van der Waals surface area (Å²) in [5.74, 6) is -0.806. The van der Waals surface area contributed by atoms with Gasteiger partial charge in [-0.3, -0.25) is 14.2 Å². The van der Waals surface area contributed by atoms with Gasteiger partial charge in [0.25, 0.3) is 7.82 Å². The fourth-order valence-corrected chi connectivity index (χ4v) is 11.6. The first-order chi connectivity index (χ1) is 39.0. The van der Waals surface area contributed by atoms with Crippen molar-refractivity contribution in [1.82, 2.24) is 0 Å². The van der Waals surface area contributed by atoms with Gasteiger partial charge in [0.2, 0.25) is 0 Å². The van der Waals surface area contributed by atoms with Gasteiger partial charge in [-0.1, -0.05) is 334 Å². The van der Waals surface area contributed by atoms with E-state index in [1.165, 1.54) is 308 Å². The number of phosphoric acid groups is 1. The number of rotatable bonds is 67. The maximum Gasteiger partial charge on any atom is 0.306 e. The van der Waals surface area contributed by atoms with Gasteiger partial charge in [-0.15, -0.1) is 0 Å². The fourth-order valence-electron chi connectivity index (χ4n) is 10.8. The standard InChI is InChI=1S/C70H138NO8P/c1-6-8-10-12-14-16-18-20-22-24-26-28-30-32-33-34-35-36-37-39-41-43-45-47-49-51-53-55-57-59-61-63-70(73)79-68(67-78-80(74,75)77-65-64-71(3,4)5)66-76-69(72)62-60-58-56-54-52-50-48-46-44-42-40-38-31-29-27-25-23-21-19-17-15-13-11-9-7-2/h24,26,68H,6-23,25,27-67H2,1-5H3/b26-24-. The van der Waals surface area contributed by atoms with Crippen molar-refractivity contribution in [2.24, 2.45) is 0 Å². The van der Waals surface area contributed by atoms with Crippen molar-refractivity contribution < 1.29 is 42.1 Å². The quantitative estimate of drug-likeness (QED) is 0.0195. The molecule has 0 aliphatic heterocycles. The van der Waals surface area contributed by atoms with E-state index < -0.39 is 26.5 Å². The number of allylic oxidation sites excluding steroid dienone is 2. The molecule has 0 heterocycles. The van der Waals surface area contributed by atoms with Crippen LogP contribution >= 0.6 is 7.82 Å². The topological polar surface area (TPSA) is 111 Å². The second-order valence-electron chi connectivity index (χ2n) is 25.6. The summed E-state index contributed by atoms with van der Waals surface area (Å²) in [4.78, 5) is 38.1. The molecule has 0 rings (SSSR count). The average Bonchev–Trinajstić information content (AvgIpc) is 3.42. The third kappa shape index (κ3) is 65.9. The van der Waals surface area contributed by atoms with E-state index in [4.69, 9.17) is 18.5 Å². The number of phosphoric ester groups is 1. The van der Waals surface area contributed by atoms with Gasteiger partial charge in [0.05, 0.1) is 27.7 Å². The number of esters is 2. The first-order valence-corrected chi connectivity index (χ1v) is 36.9. The predicted molar refractivity (Wildman–Crippen MR) is 342 cm³/mol. The largest absolute Gasteiger partial charge is 0.756 e. The Morgan fingerprint density at radius 1 is 0.375 bits per heavy atom. The maximum atomic E-state index is 12.9. The molecule has 0 aromatic heterocycles. The lowest BCUT2D eigenvalue weighted by molar-refractivity contribution is -0.870. The molecular weight excluding hydrogens is 1010 g/mol. The molecule has 9 nitrogen and oxygen atoms in total. The number of unbranched alkanes of at least 4 members (excludes halogenated alkanes) is 51. The summed E-state index contributed by atoms with van der Waals surface area (Å²) >= 11 is 0. The molecule has 0 aliphatic carbocycles. The highest BCUT2D eigenvalue weighted by molar-refractivity contribution is 7.45. The zero-order valence-corrected chi connectivity index (χ0v) is 55.2. The number of ether oxygens (including phenoxy) is 2. The lowest BCUT2D eigenvalue weighted by Crippen LogP contribution is -2.37. The molecule has 0 aromatic carbocycles. The summed E-state index contributed by atoms with van der Waals surface area (Å²) in [6, 6.07) is 0. The number of hydrogen-bond acceptors (Lipinski definition) is 8. The first kappa shape index (κ1) is 78.8. The number of likely N-dealkylation sites (N-methyl/N-ethyl adjacent to an activating group) is 1. The van der Waals surface area contributed by atoms with Crippen molar-refractivity contribution in [2.75, 3.05) is 47.5 Å². The van der Waals surface area contributed by atoms with Crippen LogP contribution in [0.1, 0.15) is 373 Å². The van der Waals surface area contributed by atoms with E-state index in [0.717, 1.165) is 32.1 Å². The van der Waals surface area contributed by atoms with E-state index in [0.29, 0.717) is 17.4 Å². The highest BCUT2D eigenvalue weighted by Crippen LogP contribution is 2.38. The van der Waals surface area contributed by atoms with Gasteiger partial charge in [0.1, 0.15) is 19.8 Å². The van der Waals surface area contributed by atoms with Crippen LogP contribution in [0.5, 0.6) is 0 Å². The summed E-state index contributed by atoms with van der Waals surface area (Å²) in [5, 5.41) is 0. The molecule has 0 aromatic rings. The lowest BCUT2D eigenvalue weighted by Gasteiger charge is -2.28. The molecule has 80 heavy (non-hydrogen) atoms. The molecule has 2 atom stereocenters. The van der Waals surface area contributed by atoms with Crippen molar-refractivity contribution in [3.05, 3.63) is 12.2 Å². The van der Waals surface area contributed by atoms with Crippen LogP contribution in [0.25, 0.3) is 0 Å². The van der Waals surface area contributed by atoms with E-state index in [1.54, 1.807) is 0 Å². The Hall–Kier alpha value is -1.25. The summed E-state index contributed by atoms with van der Waals surface area (Å²) in [6.45, 7) is 4.33. The van der Waals surface area contributed by atoms with Crippen molar-refractivity contribution in [3.8, 4) is 0 Å². The van der Waals surface area contributed by atoms with E-state index >= 15 is 0 Å². The minimum absolute atomic E-state index is 0.0258. The van der Waals surface area contributed by atoms with Crippen molar-refractivity contribution in [1.29, 1.82) is 0 Å². The van der Waals surface area contributed by atoms with Gasteiger partial charge in [0.15, 0.2) is 6.10 Å². The van der Waals surface area contributed by atoms with E-state index in [9.17, 15) is 19.0 Å². The van der Waals surface area contributed by atoms with Crippen LogP contribution < -0.4 is 4.89 Å². The zero-order chi connectivity index (χ0) is 58.4. The van der Waals surface area contributed by atoms with Gasteiger partial charge < -0.3 is 27.9 Å². The smallest absolute Gasteiger partial charge is 0.306 e. The molecule has 0 radical (unpaired) electrons. The van der Waals surface area contributed by atoms with Crippen LogP contribution in [0, 0.1) is 0 Å². The Morgan fingerprint density at radius 2 is 0.637 bits per heavy atom. The summed E-state index contributed by atoms with van der Waals surface area (Å²) in [6.07, 6.45) is 75.9. The number of carbonyl (C=O) groups excluding carboxylic acids is 2. The third-order valence-corrected chi connectivity index (χ3v) is 17.2. The molecule has 0 fully saturated rings. The molecule has 2 unspecified atom stereocenters. The molecule has 0 spiro atoms. The third-order valence-electron chi connectivity index (χ3n) is 16.3. The number of carbonyl (C=O) groups is 2. The molecule has 0 N–H and O–H groups in total. The van der Waals surface area contributed by atoms with Gasteiger partial charge in [-0.2, -0.15) is 0 Å². The van der Waals surface area contributed by atoms with Crippen LogP contribution in [0.3, 0.4) is 0 Å². The zero-order valence-electron chi connectivity index (χ0n) is 54.3. The van der Waals surface area contributed by atoms with Crippen LogP contribution in [-0.4, -0.2) is 70.0 Å². The Kier molecular flexibility index (Phi) is 61.3. The highest BCUT2D eigenvalue weighted by Gasteiger charge is 2.22. The average molecular weight is 1150 g/mol. The number of nitrogens with zero attached hydrogens (tertiary/aromatic N) is 1. The van der Waals surface area contributed by atoms with Crippen LogP contribution in [-0.2, 0) is 32.7 Å². The van der Waals surface area contributed by atoms with Crippen molar-refractivity contribution in [2.45, 2.75) is 380 Å². The predicted octanol–water partition coefficient (Wildman–Crippen LogP) is 22.1. The van der Waals surface area contributed by atoms with E-state index in [-0.39, 0.29) is 32.0 Å². The molecule has 10 heteroatoms. The Bertz CT molecular complexity index is 1350. The van der Waals surface area contributed by atoms with Gasteiger partial charge in [-0.25, -0.2) is 0 Å². The van der Waals surface area contributed by atoms with Crippen molar-refractivity contribution in [3.63, 3.8) is 0 Å². The molecule has 0 aliphatic rings. The lowest BCUT2D eigenvalue weighted by atomic mass is 10.0. The Morgan fingerprint density at radius 3 is 0.925 bits per heavy atom. The van der Waals surface area contributed by atoms with Crippen LogP contribution in [0.2, 0.25) is 0 Å². The van der Waals surface area contributed by atoms with Gasteiger partial charge in [-0.05, 0) is 38.5 Å². The van der Waals surface area contributed by atoms with E-state index in [1.807, 2.05) is 21.1 Å². The van der Waals surface area contributed by atoms with Gasteiger partial charge >= 0.3 is 11.9 Å². The second-order valence-corrected chi connectivity index (χ2v) is 27.0. The summed E-state index contributed by atoms with van der Waals surface area (Å²) in [7, 11) is 1.19. The minimum Gasteiger partial charge on any atom is -0.756 e. The molecule has 0 amide bonds. The molecule has 0 saturated carbocycles. The SMILES string of the molecule is CCCCCCCCCC/C=C\CCCCCCCCCCCCCCCCCCCCCC(=O)OC(COC(=O)CCCCCCCCCCCCCCCCCCCCCCCCCCC)COP(=O)([O-])OCC[N+](C)(C)C. The normalized spacial score (nSPS) is 13.1. The summed E-state index contributed by atoms with van der Waals surface area (Å²) < 4.78 is 34.3. The minimum atomic E-state index is -4.64. The van der Waals surface area contributed by atoms with Crippen molar-refractivity contribution >= 4 is 19.8 Å². The molecule has 0 bridgehead atoms. The van der Waals surface area contributed by atoms with Gasteiger partial charge in [0, 0.05) is 12.8 Å². The molecule has 476 valence electrons. The Labute approximate surface area is 498 Å². The number of hydrogen-bond donors (Lipinski definition) is 0. The Balaban J connectivity index is 3.97. The van der Waals surface area contributed by atoms with E-state index in [2.05, 4.69) is 26.0 Å².